The molecule has 25 heavy (non-hydrogen) atoms. The molecule has 1 N–H and O–H groups in total. The fourth-order valence-electron chi connectivity index (χ4n) is 3.02. The molecule has 0 bridgehead atoms. The van der Waals surface area contributed by atoms with E-state index in [9.17, 15) is 4.79 Å². The molecule has 0 unspecified atom stereocenters. The predicted molar refractivity (Wildman–Crippen MR) is 94.6 cm³/mol. The number of ether oxygens (including phenoxy) is 2. The molecule has 0 spiro atoms. The Balaban J connectivity index is 1.59. The molecule has 0 aliphatic carbocycles. The van der Waals surface area contributed by atoms with E-state index in [0.717, 1.165) is 29.8 Å². The summed E-state index contributed by atoms with van der Waals surface area (Å²) in [4.78, 5) is 18.4. The molecule has 6 nitrogen and oxygen atoms in total. The van der Waals surface area contributed by atoms with Crippen LogP contribution in [-0.2, 0) is 24.3 Å². The van der Waals surface area contributed by atoms with Crippen molar-refractivity contribution in [1.82, 2.24) is 15.2 Å². The van der Waals surface area contributed by atoms with Gasteiger partial charge in [0, 0.05) is 32.0 Å². The number of nitrogens with zero attached hydrogens (tertiary/aromatic N) is 2. The number of carbonyl (C=O) groups is 1. The van der Waals surface area contributed by atoms with Crippen molar-refractivity contribution in [2.75, 3.05) is 27.3 Å². The van der Waals surface area contributed by atoms with E-state index >= 15 is 0 Å². The summed E-state index contributed by atoms with van der Waals surface area (Å²) in [6.45, 7) is 2.27. The number of carbonyl (C=O) groups excluding carboxylic acids is 1. The number of benzene rings is 1. The maximum Gasteiger partial charge on any atom is 0.236 e. The molecule has 3 rings (SSSR count). The molecule has 0 saturated carbocycles. The van der Waals surface area contributed by atoms with Crippen molar-refractivity contribution < 1.29 is 14.3 Å². The first-order valence-electron chi connectivity index (χ1n) is 8.32. The minimum absolute atomic E-state index is 0.101. The number of rotatable bonds is 6. The van der Waals surface area contributed by atoms with Gasteiger partial charge in [-0.3, -0.25) is 9.78 Å². The number of methoxy groups -OCH3 is 2. The molecular formula is C19H23N3O3. The second-order valence-corrected chi connectivity index (χ2v) is 6.01. The van der Waals surface area contributed by atoms with Crippen LogP contribution >= 0.6 is 0 Å². The molecule has 0 radical (unpaired) electrons. The number of aromatic nitrogens is 1. The Morgan fingerprint density at radius 3 is 2.68 bits per heavy atom. The van der Waals surface area contributed by atoms with Crippen LogP contribution in [0, 0.1) is 0 Å². The van der Waals surface area contributed by atoms with Gasteiger partial charge in [-0.2, -0.15) is 0 Å². The van der Waals surface area contributed by atoms with Gasteiger partial charge in [-0.1, -0.05) is 6.07 Å². The van der Waals surface area contributed by atoms with E-state index in [0.29, 0.717) is 25.4 Å². The Labute approximate surface area is 147 Å². The first-order valence-corrected chi connectivity index (χ1v) is 8.32. The van der Waals surface area contributed by atoms with Gasteiger partial charge in [0.15, 0.2) is 11.5 Å². The second kappa shape index (κ2) is 7.98. The van der Waals surface area contributed by atoms with Gasteiger partial charge in [-0.25, -0.2) is 0 Å². The molecule has 1 aliphatic rings. The van der Waals surface area contributed by atoms with E-state index < -0.39 is 0 Å². The lowest BCUT2D eigenvalue weighted by atomic mass is 9.98. The van der Waals surface area contributed by atoms with Crippen molar-refractivity contribution in [3.05, 3.63) is 53.3 Å². The van der Waals surface area contributed by atoms with Crippen LogP contribution in [0.25, 0.3) is 0 Å². The number of amides is 1. The molecule has 132 valence electrons. The lowest BCUT2D eigenvalue weighted by Gasteiger charge is -2.29. The van der Waals surface area contributed by atoms with Crippen LogP contribution in [0.5, 0.6) is 11.5 Å². The summed E-state index contributed by atoms with van der Waals surface area (Å²) in [5.41, 5.74) is 3.39. The standard InChI is InChI=1S/C19H23N3O3/c1-24-17-8-15-5-7-22(13-16(15)9-18(17)25-2)19(23)12-21-11-14-4-3-6-20-10-14/h3-4,6,8-10,21H,5,7,11-13H2,1-2H3. The predicted octanol–water partition coefficient (Wildman–Crippen LogP) is 1.77. The molecule has 1 aliphatic heterocycles. The molecule has 6 heteroatoms. The average molecular weight is 341 g/mol. The molecule has 1 aromatic heterocycles. The number of nitrogens with one attached hydrogen (secondary N) is 1. The van der Waals surface area contributed by atoms with Crippen LogP contribution in [0.4, 0.5) is 0 Å². The van der Waals surface area contributed by atoms with Crippen LogP contribution in [0.1, 0.15) is 16.7 Å². The lowest BCUT2D eigenvalue weighted by molar-refractivity contribution is -0.131. The first kappa shape index (κ1) is 17.2. The zero-order valence-electron chi connectivity index (χ0n) is 14.6. The van der Waals surface area contributed by atoms with E-state index in [1.165, 1.54) is 5.56 Å². The molecule has 2 heterocycles. The molecule has 1 aromatic carbocycles. The molecule has 0 fully saturated rings. The SMILES string of the molecule is COc1cc2c(cc1OC)CN(C(=O)CNCc1cccnc1)CC2. The Morgan fingerprint density at radius 1 is 1.24 bits per heavy atom. The highest BCUT2D eigenvalue weighted by molar-refractivity contribution is 5.78. The fourth-order valence-corrected chi connectivity index (χ4v) is 3.02. The van der Waals surface area contributed by atoms with Gasteiger partial charge in [0.2, 0.25) is 5.91 Å². The largest absolute Gasteiger partial charge is 0.493 e. The topological polar surface area (TPSA) is 63.7 Å². The molecule has 0 atom stereocenters. The summed E-state index contributed by atoms with van der Waals surface area (Å²) < 4.78 is 10.7. The molecule has 1 amide bonds. The van der Waals surface area contributed by atoms with Crippen LogP contribution in [0.2, 0.25) is 0 Å². The average Bonchev–Trinajstić information content (AvgIpc) is 2.67. The van der Waals surface area contributed by atoms with Crippen molar-refractivity contribution >= 4 is 5.91 Å². The van der Waals surface area contributed by atoms with Gasteiger partial charge in [0.1, 0.15) is 0 Å². The van der Waals surface area contributed by atoms with Gasteiger partial charge < -0.3 is 19.7 Å². The van der Waals surface area contributed by atoms with Crippen LogP contribution in [-0.4, -0.2) is 43.1 Å². The zero-order valence-corrected chi connectivity index (χ0v) is 14.6. The van der Waals surface area contributed by atoms with Crippen LogP contribution in [0.3, 0.4) is 0 Å². The molecule has 0 saturated heterocycles. The Hall–Kier alpha value is -2.60. The zero-order chi connectivity index (χ0) is 17.6. The monoisotopic (exact) mass is 341 g/mol. The van der Waals surface area contributed by atoms with E-state index in [1.54, 1.807) is 26.6 Å². The van der Waals surface area contributed by atoms with Gasteiger partial charge in [-0.15, -0.1) is 0 Å². The highest BCUT2D eigenvalue weighted by Gasteiger charge is 2.22. The van der Waals surface area contributed by atoms with E-state index in [-0.39, 0.29) is 5.91 Å². The summed E-state index contributed by atoms with van der Waals surface area (Å²) in [7, 11) is 3.26. The number of fused-ring (bicyclic) bond motifs is 1. The van der Waals surface area contributed by atoms with Crippen molar-refractivity contribution in [3.8, 4) is 11.5 Å². The summed E-state index contributed by atoms with van der Waals surface area (Å²) >= 11 is 0. The van der Waals surface area contributed by atoms with E-state index in [4.69, 9.17) is 9.47 Å². The van der Waals surface area contributed by atoms with Crippen LogP contribution < -0.4 is 14.8 Å². The minimum atomic E-state index is 0.101. The second-order valence-electron chi connectivity index (χ2n) is 6.01. The Morgan fingerprint density at radius 2 is 2.00 bits per heavy atom. The van der Waals surface area contributed by atoms with Gasteiger partial charge in [0.05, 0.1) is 20.8 Å². The summed E-state index contributed by atoms with van der Waals surface area (Å²) in [6.07, 6.45) is 4.36. The Bertz CT molecular complexity index is 734. The normalized spacial score (nSPS) is 13.3. The third-order valence-electron chi connectivity index (χ3n) is 4.40. The number of hydrogen-bond donors (Lipinski definition) is 1. The summed E-state index contributed by atoms with van der Waals surface area (Å²) in [5.74, 6) is 1.54. The third kappa shape index (κ3) is 4.09. The lowest BCUT2D eigenvalue weighted by Crippen LogP contribution is -2.41. The smallest absolute Gasteiger partial charge is 0.236 e. The van der Waals surface area contributed by atoms with Gasteiger partial charge in [-0.05, 0) is 41.3 Å². The van der Waals surface area contributed by atoms with Gasteiger partial charge in [0.25, 0.3) is 0 Å². The number of hydrogen-bond acceptors (Lipinski definition) is 5. The third-order valence-corrected chi connectivity index (χ3v) is 4.40. The Kier molecular flexibility index (Phi) is 5.50. The highest BCUT2D eigenvalue weighted by Crippen LogP contribution is 2.33. The van der Waals surface area contributed by atoms with Crippen molar-refractivity contribution in [3.63, 3.8) is 0 Å². The van der Waals surface area contributed by atoms with Crippen LogP contribution in [0.15, 0.2) is 36.7 Å². The van der Waals surface area contributed by atoms with E-state index in [1.807, 2.05) is 29.2 Å². The highest BCUT2D eigenvalue weighted by atomic mass is 16.5. The van der Waals surface area contributed by atoms with E-state index in [2.05, 4.69) is 10.3 Å². The summed E-state index contributed by atoms with van der Waals surface area (Å²) in [5, 5.41) is 3.19. The minimum Gasteiger partial charge on any atom is -0.493 e. The van der Waals surface area contributed by atoms with Crippen molar-refractivity contribution in [1.29, 1.82) is 0 Å². The maximum atomic E-state index is 12.5. The quantitative estimate of drug-likeness (QED) is 0.868. The molecular weight excluding hydrogens is 318 g/mol. The van der Waals surface area contributed by atoms with Crippen molar-refractivity contribution in [2.24, 2.45) is 0 Å². The molecule has 2 aromatic rings. The maximum absolute atomic E-state index is 12.5. The fraction of sp³-hybridized carbons (Fsp3) is 0.368. The van der Waals surface area contributed by atoms with Gasteiger partial charge >= 0.3 is 0 Å². The van der Waals surface area contributed by atoms with Crippen molar-refractivity contribution in [2.45, 2.75) is 19.5 Å². The number of pyridine rings is 1. The summed E-state index contributed by atoms with van der Waals surface area (Å²) in [6, 6.07) is 7.86. The first-order chi connectivity index (χ1) is 12.2.